The quantitative estimate of drug-likeness (QED) is 0.621. The zero-order valence-corrected chi connectivity index (χ0v) is 8.92. The predicted molar refractivity (Wildman–Crippen MR) is 56.6 cm³/mol. The standard InChI is InChI=1S/C9H17NO3S/c11-8(4-9(12)13)5-10-7-2-1-3-14-6-7/h7-8,10-11H,1-6H2,(H,12,13). The summed E-state index contributed by atoms with van der Waals surface area (Å²) < 4.78 is 0. The largest absolute Gasteiger partial charge is 0.481 e. The van der Waals surface area contributed by atoms with Gasteiger partial charge in [0.1, 0.15) is 0 Å². The maximum atomic E-state index is 10.3. The van der Waals surface area contributed by atoms with Gasteiger partial charge in [-0.15, -0.1) is 0 Å². The Hall–Kier alpha value is -0.260. The summed E-state index contributed by atoms with van der Waals surface area (Å²) in [6.07, 6.45) is 1.40. The number of nitrogens with one attached hydrogen (secondary N) is 1. The Morgan fingerprint density at radius 1 is 1.64 bits per heavy atom. The van der Waals surface area contributed by atoms with E-state index in [0.717, 1.165) is 12.2 Å². The molecule has 2 unspecified atom stereocenters. The summed E-state index contributed by atoms with van der Waals surface area (Å²) in [7, 11) is 0. The number of aliphatic hydroxyl groups is 1. The Morgan fingerprint density at radius 2 is 2.43 bits per heavy atom. The molecule has 0 spiro atoms. The maximum absolute atomic E-state index is 10.3. The van der Waals surface area contributed by atoms with E-state index >= 15 is 0 Å². The molecule has 82 valence electrons. The van der Waals surface area contributed by atoms with Crippen molar-refractivity contribution in [3.8, 4) is 0 Å². The van der Waals surface area contributed by atoms with Gasteiger partial charge in [0.25, 0.3) is 0 Å². The van der Waals surface area contributed by atoms with Crippen LogP contribution in [0, 0.1) is 0 Å². The van der Waals surface area contributed by atoms with Gasteiger partial charge >= 0.3 is 5.97 Å². The van der Waals surface area contributed by atoms with Gasteiger partial charge in [-0.2, -0.15) is 11.8 Å². The fourth-order valence-corrected chi connectivity index (χ4v) is 2.58. The lowest BCUT2D eigenvalue weighted by atomic mass is 10.1. The van der Waals surface area contributed by atoms with Gasteiger partial charge in [-0.25, -0.2) is 0 Å². The van der Waals surface area contributed by atoms with E-state index in [1.165, 1.54) is 12.2 Å². The van der Waals surface area contributed by atoms with Gasteiger partial charge in [0, 0.05) is 18.3 Å². The smallest absolute Gasteiger partial charge is 0.306 e. The Balaban J connectivity index is 2.09. The van der Waals surface area contributed by atoms with Crippen LogP contribution < -0.4 is 5.32 Å². The lowest BCUT2D eigenvalue weighted by molar-refractivity contribution is -0.139. The molecule has 1 fully saturated rings. The van der Waals surface area contributed by atoms with Gasteiger partial charge in [0.2, 0.25) is 0 Å². The van der Waals surface area contributed by atoms with E-state index in [0.29, 0.717) is 12.6 Å². The number of rotatable bonds is 5. The van der Waals surface area contributed by atoms with Crippen molar-refractivity contribution >= 4 is 17.7 Å². The van der Waals surface area contributed by atoms with Gasteiger partial charge in [-0.3, -0.25) is 4.79 Å². The third-order valence-electron chi connectivity index (χ3n) is 2.21. The molecule has 4 nitrogen and oxygen atoms in total. The van der Waals surface area contributed by atoms with Crippen LogP contribution in [0.4, 0.5) is 0 Å². The molecule has 14 heavy (non-hydrogen) atoms. The van der Waals surface area contributed by atoms with Crippen LogP contribution in [0.5, 0.6) is 0 Å². The summed E-state index contributed by atoms with van der Waals surface area (Å²) in [5.41, 5.74) is 0. The Bertz CT molecular complexity index is 183. The summed E-state index contributed by atoms with van der Waals surface area (Å²) in [6.45, 7) is 0.386. The van der Waals surface area contributed by atoms with E-state index < -0.39 is 12.1 Å². The number of aliphatic carboxylic acids is 1. The van der Waals surface area contributed by atoms with Gasteiger partial charge in [-0.1, -0.05) is 0 Å². The van der Waals surface area contributed by atoms with Crippen LogP contribution in [0.1, 0.15) is 19.3 Å². The molecule has 1 rings (SSSR count). The molecular weight excluding hydrogens is 202 g/mol. The highest BCUT2D eigenvalue weighted by atomic mass is 32.2. The average Bonchev–Trinajstić information content (AvgIpc) is 2.15. The Labute approximate surface area is 88.1 Å². The second-order valence-electron chi connectivity index (χ2n) is 3.57. The van der Waals surface area contributed by atoms with Crippen molar-refractivity contribution in [3.63, 3.8) is 0 Å². The maximum Gasteiger partial charge on any atom is 0.306 e. The fourth-order valence-electron chi connectivity index (χ4n) is 1.48. The van der Waals surface area contributed by atoms with Gasteiger partial charge in [-0.05, 0) is 18.6 Å². The molecule has 2 atom stereocenters. The summed E-state index contributed by atoms with van der Waals surface area (Å²) in [4.78, 5) is 10.3. The summed E-state index contributed by atoms with van der Waals surface area (Å²) in [6, 6.07) is 0.442. The molecule has 0 aromatic carbocycles. The molecule has 0 aromatic heterocycles. The number of carbonyl (C=O) groups is 1. The van der Waals surface area contributed by atoms with Crippen molar-refractivity contribution < 1.29 is 15.0 Å². The van der Waals surface area contributed by atoms with Crippen molar-refractivity contribution in [2.75, 3.05) is 18.1 Å². The van der Waals surface area contributed by atoms with Crippen LogP contribution in [0.3, 0.4) is 0 Å². The average molecular weight is 219 g/mol. The van der Waals surface area contributed by atoms with Crippen molar-refractivity contribution in [2.45, 2.75) is 31.4 Å². The SMILES string of the molecule is O=C(O)CC(O)CNC1CCCSC1. The zero-order valence-electron chi connectivity index (χ0n) is 8.11. The van der Waals surface area contributed by atoms with Crippen LogP contribution in [0.25, 0.3) is 0 Å². The fraction of sp³-hybridized carbons (Fsp3) is 0.889. The highest BCUT2D eigenvalue weighted by Crippen LogP contribution is 2.16. The molecule has 0 bridgehead atoms. The van der Waals surface area contributed by atoms with Crippen LogP contribution in [0.2, 0.25) is 0 Å². The van der Waals surface area contributed by atoms with E-state index in [-0.39, 0.29) is 6.42 Å². The Kier molecular flexibility index (Phi) is 5.29. The molecule has 0 aromatic rings. The first kappa shape index (κ1) is 11.8. The topological polar surface area (TPSA) is 69.6 Å². The van der Waals surface area contributed by atoms with Crippen LogP contribution >= 0.6 is 11.8 Å². The summed E-state index contributed by atoms with van der Waals surface area (Å²) >= 11 is 1.91. The van der Waals surface area contributed by atoms with Crippen molar-refractivity contribution in [1.82, 2.24) is 5.32 Å². The summed E-state index contributed by atoms with van der Waals surface area (Å²) in [5, 5.41) is 20.9. The Morgan fingerprint density at radius 3 is 3.00 bits per heavy atom. The lowest BCUT2D eigenvalue weighted by Gasteiger charge is -2.23. The molecule has 0 aliphatic carbocycles. The van der Waals surface area contributed by atoms with Crippen LogP contribution in [-0.2, 0) is 4.79 Å². The van der Waals surface area contributed by atoms with E-state index in [2.05, 4.69) is 5.32 Å². The number of aliphatic hydroxyl groups excluding tert-OH is 1. The molecule has 1 aliphatic rings. The molecule has 0 saturated carbocycles. The molecule has 3 N–H and O–H groups in total. The van der Waals surface area contributed by atoms with Gasteiger partial charge in [0.05, 0.1) is 12.5 Å². The molecule has 0 radical (unpaired) electrons. The number of hydrogen-bond acceptors (Lipinski definition) is 4. The first-order valence-corrected chi connectivity index (χ1v) is 6.05. The molecule has 0 amide bonds. The highest BCUT2D eigenvalue weighted by molar-refractivity contribution is 7.99. The first-order chi connectivity index (χ1) is 6.68. The lowest BCUT2D eigenvalue weighted by Crippen LogP contribution is -2.39. The number of hydrogen-bond donors (Lipinski definition) is 3. The highest BCUT2D eigenvalue weighted by Gasteiger charge is 2.15. The summed E-state index contributed by atoms with van der Waals surface area (Å²) in [5.74, 6) is 1.34. The normalized spacial score (nSPS) is 24.5. The molecule has 1 aliphatic heterocycles. The van der Waals surface area contributed by atoms with Crippen molar-refractivity contribution in [3.05, 3.63) is 0 Å². The van der Waals surface area contributed by atoms with E-state index in [4.69, 9.17) is 5.11 Å². The first-order valence-electron chi connectivity index (χ1n) is 4.89. The van der Waals surface area contributed by atoms with E-state index in [9.17, 15) is 9.90 Å². The minimum absolute atomic E-state index is 0.174. The van der Waals surface area contributed by atoms with Gasteiger partial charge in [0.15, 0.2) is 0 Å². The number of carboxylic acid groups (broad SMARTS) is 1. The minimum atomic E-state index is -0.947. The van der Waals surface area contributed by atoms with Crippen LogP contribution in [-0.4, -0.2) is 46.4 Å². The molecule has 1 heterocycles. The second-order valence-corrected chi connectivity index (χ2v) is 4.72. The third kappa shape index (κ3) is 4.83. The molecule has 1 saturated heterocycles. The molecule has 5 heteroatoms. The number of carboxylic acids is 1. The number of thioether (sulfide) groups is 1. The van der Waals surface area contributed by atoms with Crippen molar-refractivity contribution in [2.24, 2.45) is 0 Å². The van der Waals surface area contributed by atoms with Crippen LogP contribution in [0.15, 0.2) is 0 Å². The third-order valence-corrected chi connectivity index (χ3v) is 3.43. The second kappa shape index (κ2) is 6.27. The van der Waals surface area contributed by atoms with Crippen molar-refractivity contribution in [1.29, 1.82) is 0 Å². The zero-order chi connectivity index (χ0) is 10.4. The predicted octanol–water partition coefficient (Wildman–Crippen LogP) is 0.307. The molecular formula is C9H17NO3S. The van der Waals surface area contributed by atoms with E-state index in [1.54, 1.807) is 0 Å². The minimum Gasteiger partial charge on any atom is -0.481 e. The van der Waals surface area contributed by atoms with Gasteiger partial charge < -0.3 is 15.5 Å². The van der Waals surface area contributed by atoms with E-state index in [1.807, 2.05) is 11.8 Å². The monoisotopic (exact) mass is 219 g/mol.